The standard InChI is InChI=1S/C19H20F3N3OS2/c1-27-17-5-3-2-4-16(17)24-10-12-25(13-11-24)18(26)23-14-6-8-15(9-7-14)28-19(20,21)22/h2-9H,10-13H2,1H3,(H,23,26). The van der Waals surface area contributed by atoms with E-state index in [-0.39, 0.29) is 22.7 Å². The summed E-state index contributed by atoms with van der Waals surface area (Å²) >= 11 is 1.52. The molecule has 0 aliphatic carbocycles. The second kappa shape index (κ2) is 9.00. The highest BCUT2D eigenvalue weighted by Gasteiger charge is 2.29. The lowest BCUT2D eigenvalue weighted by atomic mass is 10.2. The quantitative estimate of drug-likeness (QED) is 0.665. The van der Waals surface area contributed by atoms with Crippen LogP contribution in [0.5, 0.6) is 0 Å². The average molecular weight is 428 g/mol. The van der Waals surface area contributed by atoms with Crippen molar-refractivity contribution < 1.29 is 18.0 Å². The molecule has 1 heterocycles. The molecule has 2 amide bonds. The van der Waals surface area contributed by atoms with Gasteiger partial charge in [0.1, 0.15) is 0 Å². The van der Waals surface area contributed by atoms with Crippen molar-refractivity contribution in [1.29, 1.82) is 0 Å². The van der Waals surface area contributed by atoms with Crippen molar-refractivity contribution in [2.75, 3.05) is 42.7 Å². The minimum atomic E-state index is -4.32. The van der Waals surface area contributed by atoms with Gasteiger partial charge in [-0.2, -0.15) is 13.2 Å². The van der Waals surface area contributed by atoms with Crippen LogP contribution in [-0.2, 0) is 0 Å². The number of urea groups is 1. The van der Waals surface area contributed by atoms with Crippen LogP contribution >= 0.6 is 23.5 Å². The van der Waals surface area contributed by atoms with Crippen molar-refractivity contribution >= 4 is 40.9 Å². The van der Waals surface area contributed by atoms with E-state index < -0.39 is 5.51 Å². The molecule has 0 unspecified atom stereocenters. The molecule has 1 saturated heterocycles. The van der Waals surface area contributed by atoms with Gasteiger partial charge in [-0.25, -0.2) is 4.79 Å². The van der Waals surface area contributed by atoms with Crippen LogP contribution in [0, 0.1) is 0 Å². The number of hydrogen-bond acceptors (Lipinski definition) is 4. The van der Waals surface area contributed by atoms with E-state index in [1.54, 1.807) is 16.7 Å². The number of rotatable bonds is 4. The summed E-state index contributed by atoms with van der Waals surface area (Å²) in [6, 6.07) is 13.6. The van der Waals surface area contributed by atoms with Crippen molar-refractivity contribution in [2.45, 2.75) is 15.3 Å². The number of hydrogen-bond donors (Lipinski definition) is 1. The first-order chi connectivity index (χ1) is 13.4. The number of nitrogens with one attached hydrogen (secondary N) is 1. The first-order valence-electron chi connectivity index (χ1n) is 8.65. The molecule has 0 saturated carbocycles. The van der Waals surface area contributed by atoms with E-state index in [0.717, 1.165) is 13.1 Å². The average Bonchev–Trinajstić information content (AvgIpc) is 2.68. The van der Waals surface area contributed by atoms with Gasteiger partial charge in [-0.15, -0.1) is 11.8 Å². The van der Waals surface area contributed by atoms with Crippen LogP contribution < -0.4 is 10.2 Å². The summed E-state index contributed by atoms with van der Waals surface area (Å²) in [4.78, 5) is 17.7. The molecule has 0 bridgehead atoms. The molecule has 2 aromatic rings. The van der Waals surface area contributed by atoms with E-state index in [4.69, 9.17) is 0 Å². The van der Waals surface area contributed by atoms with Crippen molar-refractivity contribution in [2.24, 2.45) is 0 Å². The number of carbonyl (C=O) groups excluding carboxylic acids is 1. The van der Waals surface area contributed by atoms with E-state index in [9.17, 15) is 18.0 Å². The third-order valence-corrected chi connectivity index (χ3v) is 5.86. The van der Waals surface area contributed by atoms with E-state index in [1.807, 2.05) is 18.4 Å². The van der Waals surface area contributed by atoms with Gasteiger partial charge < -0.3 is 15.1 Å². The number of halogens is 3. The van der Waals surface area contributed by atoms with Gasteiger partial charge in [0.25, 0.3) is 0 Å². The zero-order valence-corrected chi connectivity index (χ0v) is 16.8. The fraction of sp³-hybridized carbons (Fsp3) is 0.316. The summed E-state index contributed by atoms with van der Waals surface area (Å²) in [6.45, 7) is 2.62. The van der Waals surface area contributed by atoms with Crippen LogP contribution in [0.3, 0.4) is 0 Å². The molecule has 28 heavy (non-hydrogen) atoms. The van der Waals surface area contributed by atoms with Gasteiger partial charge in [-0.3, -0.25) is 0 Å². The third kappa shape index (κ3) is 5.51. The second-order valence-corrected chi connectivity index (χ2v) is 8.13. The molecule has 9 heteroatoms. The second-order valence-electron chi connectivity index (χ2n) is 6.15. The van der Waals surface area contributed by atoms with Crippen LogP contribution in [0.2, 0.25) is 0 Å². The van der Waals surface area contributed by atoms with E-state index in [0.29, 0.717) is 18.8 Å². The number of alkyl halides is 3. The lowest BCUT2D eigenvalue weighted by Gasteiger charge is -2.36. The molecule has 0 aromatic heterocycles. The fourth-order valence-corrected chi connectivity index (χ4v) is 4.14. The molecule has 0 radical (unpaired) electrons. The summed E-state index contributed by atoms with van der Waals surface area (Å²) in [6.07, 6.45) is 2.04. The number of amides is 2. The Bertz CT molecular complexity index is 807. The highest BCUT2D eigenvalue weighted by atomic mass is 32.2. The molecule has 0 atom stereocenters. The summed E-state index contributed by atoms with van der Waals surface area (Å²) in [5, 5.41) is 2.75. The third-order valence-electron chi connectivity index (χ3n) is 4.33. The maximum atomic E-state index is 12.5. The molecule has 4 nitrogen and oxygen atoms in total. The number of nitrogens with zero attached hydrogens (tertiary/aromatic N) is 2. The number of benzene rings is 2. The highest BCUT2D eigenvalue weighted by molar-refractivity contribution is 8.00. The van der Waals surface area contributed by atoms with E-state index >= 15 is 0 Å². The summed E-state index contributed by atoms with van der Waals surface area (Å²) in [5.74, 6) is 0. The molecule has 3 rings (SSSR count). The number of piperazine rings is 1. The first kappa shape index (κ1) is 20.7. The Balaban J connectivity index is 1.54. The van der Waals surface area contributed by atoms with Gasteiger partial charge in [0.05, 0.1) is 5.69 Å². The van der Waals surface area contributed by atoms with Gasteiger partial charge in [0, 0.05) is 41.7 Å². The normalized spacial score (nSPS) is 14.9. The molecule has 1 N–H and O–H groups in total. The van der Waals surface area contributed by atoms with E-state index in [1.165, 1.54) is 34.8 Å². The predicted molar refractivity (Wildman–Crippen MR) is 109 cm³/mol. The van der Waals surface area contributed by atoms with Crippen molar-refractivity contribution in [3.63, 3.8) is 0 Å². The van der Waals surface area contributed by atoms with Gasteiger partial charge in [-0.1, -0.05) is 12.1 Å². The number of anilines is 2. The number of thioether (sulfide) groups is 2. The monoisotopic (exact) mass is 427 g/mol. The Morgan fingerprint density at radius 1 is 1.00 bits per heavy atom. The number of para-hydroxylation sites is 1. The zero-order valence-electron chi connectivity index (χ0n) is 15.2. The zero-order chi connectivity index (χ0) is 20.1. The van der Waals surface area contributed by atoms with Crippen molar-refractivity contribution in [3.05, 3.63) is 48.5 Å². The molecule has 1 fully saturated rings. The van der Waals surface area contributed by atoms with Crippen LogP contribution in [0.1, 0.15) is 0 Å². The Labute approximate surface area is 170 Å². The van der Waals surface area contributed by atoms with Gasteiger partial charge >= 0.3 is 11.5 Å². The van der Waals surface area contributed by atoms with Crippen LogP contribution in [0.15, 0.2) is 58.3 Å². The summed E-state index contributed by atoms with van der Waals surface area (Å²) in [7, 11) is 0. The maximum absolute atomic E-state index is 12.5. The minimum Gasteiger partial charge on any atom is -0.367 e. The largest absolute Gasteiger partial charge is 0.446 e. The topological polar surface area (TPSA) is 35.6 Å². The Hall–Kier alpha value is -2.00. The molecule has 150 valence electrons. The van der Waals surface area contributed by atoms with E-state index in [2.05, 4.69) is 22.3 Å². The van der Waals surface area contributed by atoms with Gasteiger partial charge in [-0.05, 0) is 54.4 Å². The molecule has 1 aliphatic rings. The Morgan fingerprint density at radius 2 is 1.64 bits per heavy atom. The highest BCUT2D eigenvalue weighted by Crippen LogP contribution is 2.37. The Morgan fingerprint density at radius 3 is 2.25 bits per heavy atom. The lowest BCUT2D eigenvalue weighted by Crippen LogP contribution is -2.50. The van der Waals surface area contributed by atoms with Crippen LogP contribution in [0.4, 0.5) is 29.3 Å². The SMILES string of the molecule is CSc1ccccc1N1CCN(C(=O)Nc2ccc(SC(F)(F)F)cc2)CC1. The number of carbonyl (C=O) groups is 1. The maximum Gasteiger partial charge on any atom is 0.446 e. The summed E-state index contributed by atoms with van der Waals surface area (Å²) < 4.78 is 37.1. The van der Waals surface area contributed by atoms with Gasteiger partial charge in [0.2, 0.25) is 0 Å². The summed E-state index contributed by atoms with van der Waals surface area (Å²) in [5.41, 5.74) is -2.67. The first-order valence-corrected chi connectivity index (χ1v) is 10.7. The lowest BCUT2D eigenvalue weighted by molar-refractivity contribution is -0.0328. The molecule has 0 spiro atoms. The molecule has 2 aromatic carbocycles. The fourth-order valence-electron chi connectivity index (χ4n) is 2.98. The van der Waals surface area contributed by atoms with Crippen LogP contribution in [0.25, 0.3) is 0 Å². The molecule has 1 aliphatic heterocycles. The Kier molecular flexibility index (Phi) is 6.66. The van der Waals surface area contributed by atoms with Crippen molar-refractivity contribution in [1.82, 2.24) is 4.90 Å². The van der Waals surface area contributed by atoms with Crippen molar-refractivity contribution in [3.8, 4) is 0 Å². The van der Waals surface area contributed by atoms with Gasteiger partial charge in [0.15, 0.2) is 0 Å². The predicted octanol–water partition coefficient (Wildman–Crippen LogP) is 5.37. The molecular weight excluding hydrogens is 407 g/mol. The smallest absolute Gasteiger partial charge is 0.367 e. The minimum absolute atomic E-state index is 0.0894. The van der Waals surface area contributed by atoms with Crippen LogP contribution in [-0.4, -0.2) is 48.9 Å². The molecular formula is C19H20F3N3OS2.